The van der Waals surface area contributed by atoms with Crippen molar-refractivity contribution in [1.29, 1.82) is 0 Å². The summed E-state index contributed by atoms with van der Waals surface area (Å²) in [7, 11) is 0. The molecule has 0 amide bonds. The monoisotopic (exact) mass is 870 g/mol. The molecule has 0 radical (unpaired) electrons. The van der Waals surface area contributed by atoms with Gasteiger partial charge in [0.25, 0.3) is 0 Å². The van der Waals surface area contributed by atoms with E-state index in [0.29, 0.717) is 62.4 Å². The zero-order chi connectivity index (χ0) is 44.4. The molecule has 0 aromatic heterocycles. The quantitative estimate of drug-likeness (QED) is 0.0772. The van der Waals surface area contributed by atoms with Crippen LogP contribution in [0.2, 0.25) is 0 Å². The predicted octanol–water partition coefficient (Wildman–Crippen LogP) is 7.46. The molecular formula is C52H70O11. The number of cyclic esters (lactones) is 1. The maximum absolute atomic E-state index is 13.8. The summed E-state index contributed by atoms with van der Waals surface area (Å²) in [5.74, 6) is 0.453. The second kappa shape index (κ2) is 15.5. The predicted molar refractivity (Wildman–Crippen MR) is 232 cm³/mol. The first-order chi connectivity index (χ1) is 30.0. The van der Waals surface area contributed by atoms with Gasteiger partial charge in [0.1, 0.15) is 23.9 Å². The maximum Gasteiger partial charge on any atom is 0.334 e. The maximum atomic E-state index is 13.8. The zero-order valence-corrected chi connectivity index (χ0v) is 38.1. The Morgan fingerprint density at radius 1 is 0.937 bits per heavy atom. The molecule has 0 aromatic carbocycles. The van der Waals surface area contributed by atoms with E-state index in [1.165, 1.54) is 12.0 Å². The lowest BCUT2D eigenvalue weighted by Gasteiger charge is -2.56. The number of hydrogen-bond acceptors (Lipinski definition) is 11. The summed E-state index contributed by atoms with van der Waals surface area (Å²) in [6.45, 7) is 15.3. The highest BCUT2D eigenvalue weighted by Gasteiger charge is 2.95. The average Bonchev–Trinajstić information content (AvgIpc) is 4.18. The molecule has 10 rings (SSSR count). The summed E-state index contributed by atoms with van der Waals surface area (Å²) in [5, 5.41) is 33.0. The van der Waals surface area contributed by atoms with Gasteiger partial charge in [-0.2, -0.15) is 0 Å². The lowest BCUT2D eigenvalue weighted by Crippen LogP contribution is -2.72. The molecule has 2 spiro atoms. The Balaban J connectivity index is 0.753. The van der Waals surface area contributed by atoms with Crippen LogP contribution in [0.3, 0.4) is 0 Å². The molecule has 344 valence electrons. The second-order valence-corrected chi connectivity index (χ2v) is 22.3. The van der Waals surface area contributed by atoms with Crippen LogP contribution < -0.4 is 0 Å². The van der Waals surface area contributed by atoms with Gasteiger partial charge in [0.2, 0.25) is 0 Å². The molecule has 2 unspecified atom stereocenters. The van der Waals surface area contributed by atoms with E-state index < -0.39 is 41.1 Å². The molecule has 3 N–H and O–H groups in total. The van der Waals surface area contributed by atoms with Gasteiger partial charge in [0.15, 0.2) is 11.7 Å². The number of ether oxygens (including phenoxy) is 5. The minimum atomic E-state index is -1.35. The van der Waals surface area contributed by atoms with Crippen LogP contribution >= 0.6 is 0 Å². The molecule has 0 bridgehead atoms. The third-order valence-corrected chi connectivity index (χ3v) is 18.7. The smallest absolute Gasteiger partial charge is 0.334 e. The van der Waals surface area contributed by atoms with E-state index in [0.717, 1.165) is 67.2 Å². The fraction of sp³-hybridized carbons (Fsp3) is 0.750. The van der Waals surface area contributed by atoms with Crippen LogP contribution in [0.25, 0.3) is 0 Å². The summed E-state index contributed by atoms with van der Waals surface area (Å²) >= 11 is 0. The van der Waals surface area contributed by atoms with Gasteiger partial charge in [-0.05, 0) is 141 Å². The first kappa shape index (κ1) is 43.8. The highest BCUT2D eigenvalue weighted by atomic mass is 16.7. The van der Waals surface area contributed by atoms with Crippen molar-refractivity contribution in [2.75, 3.05) is 6.61 Å². The Hall–Kier alpha value is -3.09. The molecule has 10 aliphatic rings. The van der Waals surface area contributed by atoms with E-state index in [1.807, 2.05) is 13.8 Å². The van der Waals surface area contributed by atoms with E-state index in [9.17, 15) is 29.7 Å². The summed E-state index contributed by atoms with van der Waals surface area (Å²) in [6, 6.07) is 0. The van der Waals surface area contributed by atoms with Crippen molar-refractivity contribution in [2.24, 2.45) is 46.3 Å². The first-order valence-electron chi connectivity index (χ1n) is 24.5. The number of fused-ring (bicyclic) bond motifs is 3. The third-order valence-electron chi connectivity index (χ3n) is 18.7. The van der Waals surface area contributed by atoms with Crippen molar-refractivity contribution in [2.45, 2.75) is 191 Å². The second-order valence-electron chi connectivity index (χ2n) is 22.3. The van der Waals surface area contributed by atoms with Crippen LogP contribution in [0.15, 0.2) is 58.7 Å². The van der Waals surface area contributed by atoms with Gasteiger partial charge in [-0.3, -0.25) is 9.59 Å². The van der Waals surface area contributed by atoms with Gasteiger partial charge < -0.3 is 39.0 Å². The van der Waals surface area contributed by atoms with Gasteiger partial charge in [-0.25, -0.2) is 4.79 Å². The van der Waals surface area contributed by atoms with Crippen LogP contribution in [0.1, 0.15) is 137 Å². The summed E-state index contributed by atoms with van der Waals surface area (Å²) in [4.78, 5) is 39.7. The van der Waals surface area contributed by atoms with Crippen molar-refractivity contribution >= 4 is 17.9 Å². The molecule has 7 aliphatic carbocycles. The SMILES string of the molecule is C=C1/C(=C\C=C2/CCC[C@]3(C)C([C@@H](C)/C=C/C(OC(=O)CCCC(=O)O[C@H]4[C@]56O[C@H]5C[C@H]5C7=C(CC[C@]5(C)[C@@]65O[C@H]5C[C@@]4(O)C(C)C)C(=O)OC7)C4CC4)CC[C@@H]23)C[C@@H](O)C[C@@H]1O. The van der Waals surface area contributed by atoms with Crippen molar-refractivity contribution < 1.29 is 53.4 Å². The van der Waals surface area contributed by atoms with Gasteiger partial charge in [-0.15, -0.1) is 0 Å². The third kappa shape index (κ3) is 6.77. The normalized spacial score (nSPS) is 45.8. The number of esters is 3. The largest absolute Gasteiger partial charge is 0.458 e. The molecule has 15 atom stereocenters. The van der Waals surface area contributed by atoms with Crippen molar-refractivity contribution in [3.05, 3.63) is 58.7 Å². The van der Waals surface area contributed by atoms with E-state index >= 15 is 0 Å². The Morgan fingerprint density at radius 2 is 1.71 bits per heavy atom. The van der Waals surface area contributed by atoms with Crippen LogP contribution in [0.5, 0.6) is 0 Å². The first-order valence-corrected chi connectivity index (χ1v) is 24.5. The molecule has 0 aromatic rings. The summed E-state index contributed by atoms with van der Waals surface area (Å²) in [5.41, 5.74) is 1.75. The van der Waals surface area contributed by atoms with Crippen molar-refractivity contribution in [1.82, 2.24) is 0 Å². The van der Waals surface area contributed by atoms with Crippen LogP contribution in [-0.4, -0.2) is 93.3 Å². The molecule has 6 saturated carbocycles. The number of epoxide rings is 2. The van der Waals surface area contributed by atoms with E-state index in [1.54, 1.807) is 0 Å². The van der Waals surface area contributed by atoms with E-state index in [4.69, 9.17) is 23.7 Å². The zero-order valence-electron chi connectivity index (χ0n) is 38.1. The average molecular weight is 871 g/mol. The fourth-order valence-electron chi connectivity index (χ4n) is 14.9. The Bertz CT molecular complexity index is 2060. The number of aliphatic hydroxyl groups excluding tert-OH is 2. The van der Waals surface area contributed by atoms with E-state index in [2.05, 4.69) is 51.7 Å². The molecule has 2 saturated heterocycles. The molecular weight excluding hydrogens is 801 g/mol. The molecule has 11 heteroatoms. The standard InChI is InChI=1S/C52H70O11/c1-28(2)50(58)26-43-52(63-43)49(6)22-20-35-36(27-59-46(35)57)39(49)25-42-51(52,62-42)47(50)61-45(56)11-7-10-44(55)60-41(32-14-15-32)19-12-29(3)37-17-18-38-31(9-8-21-48(37,38)5)13-16-33-23-34(53)24-40(54)30(33)4/h12-13,16,19,28-29,32,34,37-43,47,53-54,58H,4,7-11,14-15,17-18,20-27H2,1-3,5-6H3/b19-12+,31-13+,33-16-/t29-,34+,37?,38-,39-,40-,41?,42-,43-,47+,48+,49-,50+,51+,52+/m0/s1. The van der Waals surface area contributed by atoms with Crippen LogP contribution in [0.4, 0.5) is 0 Å². The van der Waals surface area contributed by atoms with E-state index in [-0.39, 0.29) is 72.2 Å². The highest BCUT2D eigenvalue weighted by Crippen LogP contribution is 2.80. The number of carbonyl (C=O) groups is 3. The molecule has 63 heavy (non-hydrogen) atoms. The lowest BCUT2D eigenvalue weighted by atomic mass is 9.46. The molecule has 8 fully saturated rings. The van der Waals surface area contributed by atoms with Crippen molar-refractivity contribution in [3.8, 4) is 0 Å². The molecule has 3 heterocycles. The van der Waals surface area contributed by atoms with Gasteiger partial charge in [0.05, 0.1) is 24.4 Å². The highest BCUT2D eigenvalue weighted by molar-refractivity contribution is 5.92. The molecule has 11 nitrogen and oxygen atoms in total. The van der Waals surface area contributed by atoms with Crippen LogP contribution in [-0.2, 0) is 38.1 Å². The number of rotatable bonds is 12. The number of allylic oxidation sites excluding steroid dienone is 4. The molecule has 3 aliphatic heterocycles. The number of hydrogen-bond donors (Lipinski definition) is 3. The van der Waals surface area contributed by atoms with Gasteiger partial charge >= 0.3 is 17.9 Å². The van der Waals surface area contributed by atoms with Crippen LogP contribution in [0, 0.1) is 46.3 Å². The lowest BCUT2D eigenvalue weighted by molar-refractivity contribution is -0.206. The summed E-state index contributed by atoms with van der Waals surface area (Å²) < 4.78 is 31.3. The Labute approximate surface area is 372 Å². The topological polar surface area (TPSA) is 165 Å². The minimum absolute atomic E-state index is 0.0159. The van der Waals surface area contributed by atoms with Gasteiger partial charge in [0, 0.05) is 36.7 Å². The van der Waals surface area contributed by atoms with Gasteiger partial charge in [-0.1, -0.05) is 65.0 Å². The number of aliphatic hydroxyl groups is 3. The fourth-order valence-corrected chi connectivity index (χ4v) is 14.9. The Morgan fingerprint density at radius 3 is 2.48 bits per heavy atom. The summed E-state index contributed by atoms with van der Waals surface area (Å²) in [6.07, 6.45) is 17.1. The Kier molecular flexibility index (Phi) is 10.8. The van der Waals surface area contributed by atoms with Crippen molar-refractivity contribution in [3.63, 3.8) is 0 Å². The number of carbonyl (C=O) groups excluding carboxylic acids is 3. The minimum Gasteiger partial charge on any atom is -0.458 e.